The number of morpholine rings is 1. The number of pyridine rings is 1. The average molecular weight is 466 g/mol. The minimum Gasteiger partial charge on any atom is -0.484 e. The first-order chi connectivity index (χ1) is 16.6. The number of alkyl halides is 1. The van der Waals surface area contributed by atoms with Gasteiger partial charge in [0.25, 0.3) is 0 Å². The Morgan fingerprint density at radius 1 is 1.26 bits per heavy atom. The lowest BCUT2D eigenvalue weighted by molar-refractivity contribution is -0.105. The van der Waals surface area contributed by atoms with Crippen LogP contribution in [0, 0.1) is 0 Å². The number of nitrogens with zero attached hydrogens (tertiary/aromatic N) is 5. The summed E-state index contributed by atoms with van der Waals surface area (Å²) in [5, 5.41) is 10.1. The number of rotatable bonds is 5. The summed E-state index contributed by atoms with van der Waals surface area (Å²) < 4.78 is 33.1. The van der Waals surface area contributed by atoms with Gasteiger partial charge in [-0.25, -0.2) is 9.07 Å². The summed E-state index contributed by atoms with van der Waals surface area (Å²) in [5.74, 6) is 0.790. The van der Waals surface area contributed by atoms with Gasteiger partial charge in [-0.3, -0.25) is 9.88 Å². The average Bonchev–Trinajstić information content (AvgIpc) is 3.55. The fraction of sp³-hybridized carbons (Fsp3) is 0.560. The van der Waals surface area contributed by atoms with E-state index in [0.29, 0.717) is 19.8 Å². The highest BCUT2D eigenvalue weighted by molar-refractivity contribution is 5.84. The van der Waals surface area contributed by atoms with E-state index in [4.69, 9.17) is 14.2 Å². The molecule has 3 saturated heterocycles. The molecule has 0 N–H and O–H groups in total. The Bertz CT molecular complexity index is 1260. The number of halogens is 1. The second-order valence-electron chi connectivity index (χ2n) is 10.3. The predicted octanol–water partition coefficient (Wildman–Crippen LogP) is 2.95. The van der Waals surface area contributed by atoms with Gasteiger partial charge in [-0.2, -0.15) is 0 Å². The zero-order valence-electron chi connectivity index (χ0n) is 19.2. The van der Waals surface area contributed by atoms with E-state index in [1.54, 1.807) is 0 Å². The van der Waals surface area contributed by atoms with Crippen LogP contribution >= 0.6 is 0 Å². The third kappa shape index (κ3) is 2.96. The highest BCUT2D eigenvalue weighted by Gasteiger charge is 2.69. The molecular formula is C25H28FN5O3. The van der Waals surface area contributed by atoms with Gasteiger partial charge in [0, 0.05) is 23.7 Å². The lowest BCUT2D eigenvalue weighted by Gasteiger charge is -2.51. The maximum Gasteiger partial charge on any atom is 0.141 e. The third-order valence-corrected chi connectivity index (χ3v) is 8.21. The molecule has 6 heterocycles. The highest BCUT2D eigenvalue weighted by atomic mass is 19.1. The number of hydrogen-bond acceptors (Lipinski definition) is 7. The Kier molecular flexibility index (Phi) is 4.53. The van der Waals surface area contributed by atoms with Crippen LogP contribution in [0.1, 0.15) is 42.7 Å². The van der Waals surface area contributed by atoms with Crippen molar-refractivity contribution in [2.75, 3.05) is 33.0 Å². The number of aromatic nitrogens is 4. The zero-order chi connectivity index (χ0) is 22.9. The normalized spacial score (nSPS) is 31.1. The van der Waals surface area contributed by atoms with E-state index in [0.717, 1.165) is 60.3 Å². The lowest BCUT2D eigenvalue weighted by atomic mass is 9.67. The zero-order valence-corrected chi connectivity index (χ0v) is 19.2. The van der Waals surface area contributed by atoms with Crippen molar-refractivity contribution in [1.29, 1.82) is 0 Å². The molecule has 1 spiro atoms. The Morgan fingerprint density at radius 3 is 3.06 bits per heavy atom. The molecule has 1 saturated carbocycles. The second kappa shape index (κ2) is 7.44. The number of ether oxygens (including phenoxy) is 3. The van der Waals surface area contributed by atoms with Gasteiger partial charge in [-0.15, -0.1) is 5.10 Å². The van der Waals surface area contributed by atoms with Crippen LogP contribution in [0.15, 0.2) is 30.6 Å². The van der Waals surface area contributed by atoms with E-state index < -0.39 is 0 Å². The van der Waals surface area contributed by atoms with E-state index >= 15 is 0 Å². The molecule has 1 aromatic carbocycles. The Balaban J connectivity index is 1.11. The van der Waals surface area contributed by atoms with Crippen molar-refractivity contribution < 1.29 is 18.6 Å². The van der Waals surface area contributed by atoms with Crippen molar-refractivity contribution in [1.82, 2.24) is 24.9 Å². The van der Waals surface area contributed by atoms with Crippen LogP contribution < -0.4 is 4.74 Å². The van der Waals surface area contributed by atoms with Crippen LogP contribution in [0.2, 0.25) is 0 Å². The van der Waals surface area contributed by atoms with Crippen LogP contribution in [0.25, 0.3) is 10.9 Å². The maximum atomic E-state index is 13.6. The number of fused-ring (bicyclic) bond motifs is 3. The first-order valence-electron chi connectivity index (χ1n) is 12.1. The number of benzene rings is 1. The molecule has 2 atom stereocenters. The highest BCUT2D eigenvalue weighted by Crippen LogP contribution is 2.59. The summed E-state index contributed by atoms with van der Waals surface area (Å²) in [6, 6.07) is 5.90. The summed E-state index contributed by atoms with van der Waals surface area (Å²) in [4.78, 5) is 6.89. The summed E-state index contributed by atoms with van der Waals surface area (Å²) in [5.41, 5.74) is 4.05. The fourth-order valence-corrected chi connectivity index (χ4v) is 6.59. The van der Waals surface area contributed by atoms with Gasteiger partial charge in [0.05, 0.1) is 49.7 Å². The molecule has 8 rings (SSSR count). The van der Waals surface area contributed by atoms with Crippen molar-refractivity contribution in [2.24, 2.45) is 0 Å². The van der Waals surface area contributed by atoms with Gasteiger partial charge in [-0.1, -0.05) is 5.21 Å². The topological polar surface area (TPSA) is 74.5 Å². The summed E-state index contributed by atoms with van der Waals surface area (Å²) >= 11 is 0. The third-order valence-electron chi connectivity index (χ3n) is 8.21. The van der Waals surface area contributed by atoms with Crippen LogP contribution in [0.5, 0.6) is 5.75 Å². The van der Waals surface area contributed by atoms with Gasteiger partial charge in [-0.05, 0) is 55.5 Å². The van der Waals surface area contributed by atoms with Crippen molar-refractivity contribution in [2.45, 2.75) is 56.0 Å². The smallest absolute Gasteiger partial charge is 0.141 e. The van der Waals surface area contributed by atoms with Crippen molar-refractivity contribution >= 4 is 10.9 Å². The molecule has 2 aromatic heterocycles. The summed E-state index contributed by atoms with van der Waals surface area (Å²) in [6.07, 6.45) is 6.42. The quantitative estimate of drug-likeness (QED) is 0.574. The lowest BCUT2D eigenvalue weighted by Crippen LogP contribution is -2.61. The van der Waals surface area contributed by atoms with Crippen LogP contribution in [-0.2, 0) is 28.0 Å². The minimum absolute atomic E-state index is 0.0352. The Labute approximate surface area is 197 Å². The molecule has 4 fully saturated rings. The number of hydrogen-bond donors (Lipinski definition) is 0. The van der Waals surface area contributed by atoms with E-state index in [9.17, 15) is 4.39 Å². The molecule has 2 bridgehead atoms. The standard InChI is InChI=1S/C25H28FN5O3/c1-16(34-19-2-3-22-21(6-19)20-4-5-32-10-17(20)8-27-22)23-9-31(29-28-23)24-12-25(13-24)15-33-11-18(7-26)30(25)14-24/h2-3,6,8-9,16,18H,4-5,7,10-15H2,1H3/t16-,18?,24?,25?/m1/s1. The second-order valence-corrected chi connectivity index (χ2v) is 10.3. The Hall–Kier alpha value is -2.62. The van der Waals surface area contributed by atoms with Gasteiger partial charge in [0.1, 0.15) is 24.2 Å². The van der Waals surface area contributed by atoms with E-state index in [-0.39, 0.29) is 29.9 Å². The SMILES string of the molecule is C[C@@H](Oc1ccc2ncc3c(c2c1)CCOC3)c1cn(C23CN4C(CF)COCC4(C2)C3)nn1. The largest absolute Gasteiger partial charge is 0.484 e. The van der Waals surface area contributed by atoms with Gasteiger partial charge >= 0.3 is 0 Å². The molecule has 34 heavy (non-hydrogen) atoms. The van der Waals surface area contributed by atoms with E-state index in [1.165, 1.54) is 5.56 Å². The van der Waals surface area contributed by atoms with Gasteiger partial charge in [0.15, 0.2) is 0 Å². The summed E-state index contributed by atoms with van der Waals surface area (Å²) in [7, 11) is 0. The maximum absolute atomic E-state index is 13.6. The van der Waals surface area contributed by atoms with E-state index in [2.05, 4.69) is 26.3 Å². The van der Waals surface area contributed by atoms with E-state index in [1.807, 2.05) is 36.1 Å². The molecule has 0 radical (unpaired) electrons. The molecular weight excluding hydrogens is 437 g/mol. The Morgan fingerprint density at radius 2 is 2.18 bits per heavy atom. The van der Waals surface area contributed by atoms with Crippen molar-refractivity contribution in [3.05, 3.63) is 47.4 Å². The molecule has 5 aliphatic rings. The van der Waals surface area contributed by atoms with Crippen molar-refractivity contribution in [3.8, 4) is 5.75 Å². The molecule has 3 aromatic rings. The van der Waals surface area contributed by atoms with Crippen LogP contribution in [0.4, 0.5) is 4.39 Å². The molecule has 178 valence electrons. The molecule has 4 aliphatic heterocycles. The van der Waals surface area contributed by atoms with Crippen molar-refractivity contribution in [3.63, 3.8) is 0 Å². The molecule has 9 heteroatoms. The first kappa shape index (κ1) is 20.7. The van der Waals surface area contributed by atoms with Gasteiger partial charge < -0.3 is 14.2 Å². The van der Waals surface area contributed by atoms with Crippen LogP contribution in [0.3, 0.4) is 0 Å². The minimum atomic E-state index is -0.372. The fourth-order valence-electron chi connectivity index (χ4n) is 6.59. The predicted molar refractivity (Wildman–Crippen MR) is 121 cm³/mol. The monoisotopic (exact) mass is 465 g/mol. The molecule has 0 amide bonds. The molecule has 1 aliphatic carbocycles. The van der Waals surface area contributed by atoms with Gasteiger partial charge in [0.2, 0.25) is 0 Å². The van der Waals surface area contributed by atoms with Crippen LogP contribution in [-0.4, -0.2) is 69.5 Å². The first-order valence-corrected chi connectivity index (χ1v) is 12.1. The molecule has 1 unspecified atom stereocenters. The molecule has 8 nitrogen and oxygen atoms in total. The summed E-state index contributed by atoms with van der Waals surface area (Å²) in [6.45, 7) is 4.92.